The minimum Gasteiger partial charge on any atom is -0.318 e. The Balaban J connectivity index is 1.74. The Morgan fingerprint density at radius 1 is 1.15 bits per heavy atom. The van der Waals surface area contributed by atoms with E-state index in [9.17, 15) is 0 Å². The molecule has 1 atom stereocenters. The Labute approximate surface area is 162 Å². The summed E-state index contributed by atoms with van der Waals surface area (Å²) in [6, 6.07) is 10.6. The molecular formula is C21H19Cl2N3. The summed E-state index contributed by atoms with van der Waals surface area (Å²) in [5, 5.41) is 2.77. The highest BCUT2D eigenvalue weighted by atomic mass is 35.5. The molecule has 1 saturated heterocycles. The van der Waals surface area contributed by atoms with Gasteiger partial charge >= 0.3 is 0 Å². The maximum Gasteiger partial charge on any atom is 0.0645 e. The van der Waals surface area contributed by atoms with Crippen LogP contribution in [0.2, 0.25) is 5.02 Å². The van der Waals surface area contributed by atoms with Crippen molar-refractivity contribution in [2.24, 2.45) is 0 Å². The summed E-state index contributed by atoms with van der Waals surface area (Å²) in [6.07, 6.45) is 9.12. The van der Waals surface area contributed by atoms with Gasteiger partial charge in [-0.15, -0.1) is 0 Å². The van der Waals surface area contributed by atoms with E-state index in [1.54, 1.807) is 12.4 Å². The fourth-order valence-electron chi connectivity index (χ4n) is 4.51. The van der Waals surface area contributed by atoms with Crippen molar-refractivity contribution in [1.82, 2.24) is 14.5 Å². The van der Waals surface area contributed by atoms with Crippen molar-refractivity contribution in [2.45, 2.75) is 25.3 Å². The number of nitrogens with zero attached hydrogens (tertiary/aromatic N) is 3. The summed E-state index contributed by atoms with van der Waals surface area (Å²) in [6.45, 7) is 2.31. The van der Waals surface area contributed by atoms with Crippen LogP contribution in [0.4, 0.5) is 0 Å². The Bertz CT molecular complexity index is 1010. The second kappa shape index (κ2) is 6.41. The Morgan fingerprint density at radius 3 is 2.85 bits per heavy atom. The summed E-state index contributed by atoms with van der Waals surface area (Å²) in [5.74, 6) is 0. The molecule has 3 nitrogen and oxygen atoms in total. The summed E-state index contributed by atoms with van der Waals surface area (Å²) in [7, 11) is 0. The first kappa shape index (κ1) is 16.4. The van der Waals surface area contributed by atoms with Gasteiger partial charge in [-0.2, -0.15) is 0 Å². The Hall–Kier alpha value is -1.81. The normalized spacial score (nSPS) is 20.4. The van der Waals surface area contributed by atoms with Crippen molar-refractivity contribution in [3.8, 4) is 0 Å². The second-order valence-electron chi connectivity index (χ2n) is 7.05. The zero-order chi connectivity index (χ0) is 17.7. The SMILES string of the molecule is Cl/C(=C\n1c2c(c3cc(Cl)ccc31)C1CCCN1CC2)c1ccncc1. The zero-order valence-electron chi connectivity index (χ0n) is 14.3. The van der Waals surface area contributed by atoms with Crippen LogP contribution in [0, 0.1) is 0 Å². The third-order valence-electron chi connectivity index (χ3n) is 5.64. The molecule has 5 heteroatoms. The predicted octanol–water partition coefficient (Wildman–Crippen LogP) is 5.58. The molecule has 0 spiro atoms. The molecule has 0 amide bonds. The number of benzene rings is 1. The average Bonchev–Trinajstić information content (AvgIpc) is 3.25. The maximum absolute atomic E-state index is 6.66. The third-order valence-corrected chi connectivity index (χ3v) is 6.19. The highest BCUT2D eigenvalue weighted by Gasteiger charge is 2.35. The fraction of sp³-hybridized carbons (Fsp3) is 0.286. The van der Waals surface area contributed by atoms with E-state index < -0.39 is 0 Å². The number of aromatic nitrogens is 2. The molecule has 0 bridgehead atoms. The van der Waals surface area contributed by atoms with Crippen molar-refractivity contribution in [2.75, 3.05) is 13.1 Å². The summed E-state index contributed by atoms with van der Waals surface area (Å²) in [4.78, 5) is 6.69. The van der Waals surface area contributed by atoms with Crippen molar-refractivity contribution in [3.63, 3.8) is 0 Å². The summed E-state index contributed by atoms with van der Waals surface area (Å²) in [5.41, 5.74) is 4.98. The lowest BCUT2D eigenvalue weighted by Crippen LogP contribution is -2.31. The lowest BCUT2D eigenvalue weighted by atomic mass is 9.96. The van der Waals surface area contributed by atoms with E-state index in [1.807, 2.05) is 18.2 Å². The molecule has 4 heterocycles. The maximum atomic E-state index is 6.66. The van der Waals surface area contributed by atoms with E-state index in [4.69, 9.17) is 23.2 Å². The Kier molecular flexibility index (Phi) is 4.04. The third kappa shape index (κ3) is 2.58. The number of rotatable bonds is 2. The van der Waals surface area contributed by atoms with Crippen LogP contribution < -0.4 is 0 Å². The van der Waals surface area contributed by atoms with Gasteiger partial charge in [-0.1, -0.05) is 23.2 Å². The summed E-state index contributed by atoms with van der Waals surface area (Å²) >= 11 is 13.0. The Morgan fingerprint density at radius 2 is 2.00 bits per heavy atom. The van der Waals surface area contributed by atoms with E-state index in [2.05, 4.69) is 32.8 Å². The molecular weight excluding hydrogens is 365 g/mol. The first-order chi connectivity index (χ1) is 12.7. The van der Waals surface area contributed by atoms with Gasteiger partial charge in [0, 0.05) is 53.7 Å². The average molecular weight is 384 g/mol. The minimum atomic E-state index is 0.508. The molecule has 132 valence electrons. The molecule has 26 heavy (non-hydrogen) atoms. The van der Waals surface area contributed by atoms with E-state index in [1.165, 1.54) is 41.5 Å². The number of hydrogen-bond donors (Lipinski definition) is 0. The predicted molar refractivity (Wildman–Crippen MR) is 108 cm³/mol. The first-order valence-corrected chi connectivity index (χ1v) is 9.82. The quantitative estimate of drug-likeness (QED) is 0.575. The smallest absolute Gasteiger partial charge is 0.0645 e. The standard InChI is InChI=1S/C21H19Cl2N3/c22-15-3-4-18-16(12-15)21-19-2-1-10-25(19)11-7-20(21)26(18)13-17(23)14-5-8-24-9-6-14/h3-6,8-9,12-13,19H,1-2,7,10-11H2/b17-13-. The van der Waals surface area contributed by atoms with Crippen LogP contribution in [-0.4, -0.2) is 27.5 Å². The van der Waals surface area contributed by atoms with Crippen molar-refractivity contribution < 1.29 is 0 Å². The molecule has 2 aliphatic rings. The number of fused-ring (bicyclic) bond motifs is 5. The highest BCUT2D eigenvalue weighted by Crippen LogP contribution is 2.44. The van der Waals surface area contributed by atoms with Crippen LogP contribution in [0.3, 0.4) is 0 Å². The minimum absolute atomic E-state index is 0.508. The molecule has 1 unspecified atom stereocenters. The van der Waals surface area contributed by atoms with Crippen molar-refractivity contribution in [3.05, 3.63) is 64.6 Å². The van der Waals surface area contributed by atoms with E-state index in [0.29, 0.717) is 6.04 Å². The lowest BCUT2D eigenvalue weighted by molar-refractivity contribution is 0.243. The van der Waals surface area contributed by atoms with E-state index in [-0.39, 0.29) is 0 Å². The van der Waals surface area contributed by atoms with Crippen LogP contribution in [0.5, 0.6) is 0 Å². The van der Waals surface area contributed by atoms with E-state index in [0.717, 1.165) is 28.6 Å². The second-order valence-corrected chi connectivity index (χ2v) is 7.89. The van der Waals surface area contributed by atoms with Crippen LogP contribution in [0.15, 0.2) is 42.7 Å². The molecule has 2 aliphatic heterocycles. The molecule has 1 fully saturated rings. The molecule has 5 rings (SSSR count). The van der Waals surface area contributed by atoms with Gasteiger partial charge in [0.1, 0.15) is 0 Å². The summed E-state index contributed by atoms with van der Waals surface area (Å²) < 4.78 is 2.28. The fourth-order valence-corrected chi connectivity index (χ4v) is 4.90. The lowest BCUT2D eigenvalue weighted by Gasteiger charge is -2.30. The molecule has 2 aromatic heterocycles. The van der Waals surface area contributed by atoms with Crippen LogP contribution in [0.1, 0.15) is 35.7 Å². The van der Waals surface area contributed by atoms with Crippen molar-refractivity contribution in [1.29, 1.82) is 0 Å². The number of hydrogen-bond acceptors (Lipinski definition) is 2. The monoisotopic (exact) mass is 383 g/mol. The van der Waals surface area contributed by atoms with Crippen molar-refractivity contribution >= 4 is 45.3 Å². The number of halogens is 2. The van der Waals surface area contributed by atoms with Gasteiger partial charge in [0.15, 0.2) is 0 Å². The first-order valence-electron chi connectivity index (χ1n) is 9.06. The zero-order valence-corrected chi connectivity index (χ0v) is 15.8. The highest BCUT2D eigenvalue weighted by molar-refractivity contribution is 6.50. The molecule has 0 N–H and O–H groups in total. The molecule has 0 saturated carbocycles. The topological polar surface area (TPSA) is 21.1 Å². The van der Waals surface area contributed by atoms with Crippen LogP contribution >= 0.6 is 23.2 Å². The van der Waals surface area contributed by atoms with Gasteiger partial charge in [0.2, 0.25) is 0 Å². The van der Waals surface area contributed by atoms with Gasteiger partial charge < -0.3 is 4.57 Å². The largest absolute Gasteiger partial charge is 0.318 e. The van der Waals surface area contributed by atoms with Gasteiger partial charge in [0.05, 0.1) is 10.5 Å². The molecule has 0 radical (unpaired) electrons. The van der Waals surface area contributed by atoms with Crippen LogP contribution in [-0.2, 0) is 6.42 Å². The van der Waals surface area contributed by atoms with Gasteiger partial charge in [-0.25, -0.2) is 0 Å². The molecule has 0 aliphatic carbocycles. The van der Waals surface area contributed by atoms with E-state index >= 15 is 0 Å². The van der Waals surface area contributed by atoms with Crippen LogP contribution in [0.25, 0.3) is 22.1 Å². The molecule has 3 aromatic rings. The van der Waals surface area contributed by atoms with Gasteiger partial charge in [-0.3, -0.25) is 9.88 Å². The number of pyridine rings is 1. The van der Waals surface area contributed by atoms with Gasteiger partial charge in [0.25, 0.3) is 0 Å². The molecule has 1 aromatic carbocycles. The van der Waals surface area contributed by atoms with Gasteiger partial charge in [-0.05, 0) is 60.8 Å².